The van der Waals surface area contributed by atoms with Crippen LogP contribution in [-0.2, 0) is 18.9 Å². The molecule has 0 aliphatic heterocycles. The Hall–Kier alpha value is -5.32. The van der Waals surface area contributed by atoms with Crippen molar-refractivity contribution in [1.82, 2.24) is 0 Å². The third kappa shape index (κ3) is 6.83. The molecule has 2 N–H and O–H groups in total. The molecule has 44 heavy (non-hydrogen) atoms. The van der Waals surface area contributed by atoms with Gasteiger partial charge in [-0.15, -0.1) is 0 Å². The van der Waals surface area contributed by atoms with E-state index in [1.807, 2.05) is 0 Å². The summed E-state index contributed by atoms with van der Waals surface area (Å²) in [4.78, 5) is 52.8. The summed E-state index contributed by atoms with van der Waals surface area (Å²) in [6, 6.07) is 31.3. The summed E-state index contributed by atoms with van der Waals surface area (Å²) >= 11 is 0. The Bertz CT molecular complexity index is 1460. The minimum Gasteiger partial charge on any atom is -0.452 e. The smallest absolute Gasteiger partial charge is 0.338 e. The number of benzene rings is 4. The van der Waals surface area contributed by atoms with Gasteiger partial charge in [0.05, 0.1) is 22.3 Å². The van der Waals surface area contributed by atoms with Gasteiger partial charge in [0.15, 0.2) is 24.4 Å². The van der Waals surface area contributed by atoms with E-state index in [1.165, 1.54) is 48.5 Å². The third-order valence-electron chi connectivity index (χ3n) is 7.00. The summed E-state index contributed by atoms with van der Waals surface area (Å²) in [6.07, 6.45) is -10.8. The second-order valence-electron chi connectivity index (χ2n) is 9.92. The largest absolute Gasteiger partial charge is 0.452 e. The summed E-state index contributed by atoms with van der Waals surface area (Å²) < 4.78 is 22.7. The first kappa shape index (κ1) is 30.1. The average Bonchev–Trinajstić information content (AvgIpc) is 3.08. The van der Waals surface area contributed by atoms with Crippen LogP contribution >= 0.6 is 0 Å². The number of carbonyl (C=O) groups excluding carboxylic acids is 4. The molecule has 1 aliphatic carbocycles. The zero-order valence-corrected chi connectivity index (χ0v) is 23.2. The first-order chi connectivity index (χ1) is 21.3. The van der Waals surface area contributed by atoms with E-state index >= 15 is 0 Å². The van der Waals surface area contributed by atoms with Gasteiger partial charge in [-0.3, -0.25) is 0 Å². The predicted octanol–water partition coefficient (Wildman–Crippen LogP) is 3.62. The first-order valence-electron chi connectivity index (χ1n) is 13.7. The molecule has 4 aromatic rings. The number of aliphatic hydroxyl groups excluding tert-OH is 2. The molecule has 0 bridgehead atoms. The molecular weight excluding hydrogens is 568 g/mol. The van der Waals surface area contributed by atoms with Crippen LogP contribution in [0.2, 0.25) is 0 Å². The lowest BCUT2D eigenvalue weighted by Gasteiger charge is -2.45. The van der Waals surface area contributed by atoms with Gasteiger partial charge >= 0.3 is 23.9 Å². The lowest BCUT2D eigenvalue weighted by atomic mass is 9.84. The van der Waals surface area contributed by atoms with Crippen LogP contribution in [0.15, 0.2) is 121 Å². The van der Waals surface area contributed by atoms with Crippen molar-refractivity contribution in [3.63, 3.8) is 0 Å². The fourth-order valence-electron chi connectivity index (χ4n) is 4.76. The Balaban J connectivity index is 1.55. The SMILES string of the molecule is O=C(O[C@@H]1[C@H](OC(=O)c2ccccc2)[C@@H](OC(=O)c2ccccc2)[C@@H](O)[C@H](O)[C@H]1OC(=O)c1ccccc1)c1ccccc1. The summed E-state index contributed by atoms with van der Waals surface area (Å²) in [5.74, 6) is -3.63. The van der Waals surface area contributed by atoms with Gasteiger partial charge in [-0.25, -0.2) is 19.2 Å². The monoisotopic (exact) mass is 596 g/mol. The van der Waals surface area contributed by atoms with Crippen molar-refractivity contribution in [1.29, 1.82) is 0 Å². The maximum absolute atomic E-state index is 13.3. The van der Waals surface area contributed by atoms with Gasteiger partial charge in [0, 0.05) is 0 Å². The number of ether oxygens (including phenoxy) is 4. The van der Waals surface area contributed by atoms with E-state index in [-0.39, 0.29) is 22.3 Å². The van der Waals surface area contributed by atoms with Crippen LogP contribution in [0.3, 0.4) is 0 Å². The molecular formula is C34H28O10. The number of rotatable bonds is 8. The maximum atomic E-state index is 13.3. The van der Waals surface area contributed by atoms with Crippen molar-refractivity contribution in [2.24, 2.45) is 0 Å². The third-order valence-corrected chi connectivity index (χ3v) is 7.00. The molecule has 1 fully saturated rings. The molecule has 5 rings (SSSR count). The Labute approximate surface area is 252 Å². The Morgan fingerprint density at radius 3 is 0.795 bits per heavy atom. The number of aliphatic hydroxyl groups is 2. The quantitative estimate of drug-likeness (QED) is 0.228. The Kier molecular flexibility index (Phi) is 9.43. The molecule has 224 valence electrons. The fraction of sp³-hybridized carbons (Fsp3) is 0.176. The highest BCUT2D eigenvalue weighted by atomic mass is 16.6. The van der Waals surface area contributed by atoms with E-state index in [4.69, 9.17) is 18.9 Å². The molecule has 0 spiro atoms. The molecule has 0 unspecified atom stereocenters. The van der Waals surface area contributed by atoms with Crippen molar-refractivity contribution in [2.75, 3.05) is 0 Å². The number of esters is 4. The van der Waals surface area contributed by atoms with Gasteiger partial charge in [0.25, 0.3) is 0 Å². The van der Waals surface area contributed by atoms with E-state index in [1.54, 1.807) is 72.8 Å². The maximum Gasteiger partial charge on any atom is 0.338 e. The first-order valence-corrected chi connectivity index (χ1v) is 13.7. The Morgan fingerprint density at radius 2 is 0.568 bits per heavy atom. The van der Waals surface area contributed by atoms with Crippen molar-refractivity contribution < 1.29 is 48.3 Å². The van der Waals surface area contributed by atoms with Crippen molar-refractivity contribution in [2.45, 2.75) is 36.6 Å². The molecule has 1 aliphatic rings. The summed E-state index contributed by atoms with van der Waals surface area (Å²) in [5.41, 5.74) is 0.426. The van der Waals surface area contributed by atoms with Gasteiger partial charge in [-0.2, -0.15) is 0 Å². The summed E-state index contributed by atoms with van der Waals surface area (Å²) in [7, 11) is 0. The number of carbonyl (C=O) groups is 4. The van der Waals surface area contributed by atoms with Crippen LogP contribution in [0.25, 0.3) is 0 Å². The normalized spacial score (nSPS) is 22.7. The molecule has 6 atom stereocenters. The van der Waals surface area contributed by atoms with Gasteiger partial charge < -0.3 is 29.2 Å². The minimum atomic E-state index is -1.93. The number of hydrogen-bond acceptors (Lipinski definition) is 10. The van der Waals surface area contributed by atoms with Crippen molar-refractivity contribution in [3.8, 4) is 0 Å². The highest BCUT2D eigenvalue weighted by molar-refractivity contribution is 5.92. The molecule has 4 aromatic carbocycles. The van der Waals surface area contributed by atoms with Crippen LogP contribution in [0.4, 0.5) is 0 Å². The molecule has 0 heterocycles. The molecule has 10 nitrogen and oxygen atoms in total. The van der Waals surface area contributed by atoms with Gasteiger partial charge in [0.1, 0.15) is 12.2 Å². The topological polar surface area (TPSA) is 146 Å². The molecule has 0 aromatic heterocycles. The van der Waals surface area contributed by atoms with E-state index in [9.17, 15) is 29.4 Å². The van der Waals surface area contributed by atoms with Crippen LogP contribution in [0.5, 0.6) is 0 Å². The standard InChI is InChI=1S/C34H28O10/c35-25-26(36)28(42-32(38)22-15-7-2-8-16-22)30(44-34(40)24-19-11-4-12-20-24)29(43-33(39)23-17-9-3-10-18-23)27(25)41-31(37)21-13-5-1-6-14-21/h1-20,25-30,35-36H/t25-,26-,27-,28+,29+,30-/m0/s1. The van der Waals surface area contributed by atoms with E-state index in [0.29, 0.717) is 0 Å². The summed E-state index contributed by atoms with van der Waals surface area (Å²) in [5, 5.41) is 22.5. The second-order valence-corrected chi connectivity index (χ2v) is 9.92. The number of hydrogen-bond donors (Lipinski definition) is 2. The molecule has 10 heteroatoms. The molecule has 0 radical (unpaired) electrons. The van der Waals surface area contributed by atoms with Crippen LogP contribution in [-0.4, -0.2) is 70.7 Å². The molecule has 1 saturated carbocycles. The van der Waals surface area contributed by atoms with Gasteiger partial charge in [0.2, 0.25) is 0 Å². The zero-order valence-electron chi connectivity index (χ0n) is 23.2. The summed E-state index contributed by atoms with van der Waals surface area (Å²) in [6.45, 7) is 0. The minimum absolute atomic E-state index is 0.104. The second kappa shape index (κ2) is 13.8. The van der Waals surface area contributed by atoms with Crippen LogP contribution < -0.4 is 0 Å². The highest BCUT2D eigenvalue weighted by Gasteiger charge is 2.57. The van der Waals surface area contributed by atoms with Crippen LogP contribution in [0, 0.1) is 0 Å². The van der Waals surface area contributed by atoms with E-state index < -0.39 is 60.5 Å². The molecule has 0 amide bonds. The van der Waals surface area contributed by atoms with E-state index in [2.05, 4.69) is 0 Å². The molecule has 0 saturated heterocycles. The highest BCUT2D eigenvalue weighted by Crippen LogP contribution is 2.33. The Morgan fingerprint density at radius 1 is 0.364 bits per heavy atom. The zero-order chi connectivity index (χ0) is 31.1. The van der Waals surface area contributed by atoms with E-state index in [0.717, 1.165) is 0 Å². The van der Waals surface area contributed by atoms with Gasteiger partial charge in [-0.1, -0.05) is 72.8 Å². The average molecular weight is 597 g/mol. The van der Waals surface area contributed by atoms with Crippen LogP contribution in [0.1, 0.15) is 41.4 Å². The predicted molar refractivity (Wildman–Crippen MR) is 155 cm³/mol. The lowest BCUT2D eigenvalue weighted by molar-refractivity contribution is -0.223. The van der Waals surface area contributed by atoms with Gasteiger partial charge in [-0.05, 0) is 48.5 Å². The van der Waals surface area contributed by atoms with Crippen molar-refractivity contribution >= 4 is 23.9 Å². The van der Waals surface area contributed by atoms with Crippen molar-refractivity contribution in [3.05, 3.63) is 144 Å². The fourth-order valence-corrected chi connectivity index (χ4v) is 4.76. The lowest BCUT2D eigenvalue weighted by Crippen LogP contribution is -2.67.